The fourth-order valence-electron chi connectivity index (χ4n) is 6.29. The number of rotatable bonds is 9. The van der Waals surface area contributed by atoms with Gasteiger partial charge in [-0.2, -0.15) is 0 Å². The summed E-state index contributed by atoms with van der Waals surface area (Å²) >= 11 is 0. The molecule has 3 heterocycles. The van der Waals surface area contributed by atoms with E-state index in [1.807, 2.05) is 6.92 Å². The zero-order chi connectivity index (χ0) is 30.9. The fourth-order valence-corrected chi connectivity index (χ4v) is 6.29. The van der Waals surface area contributed by atoms with Crippen LogP contribution in [0.2, 0.25) is 0 Å². The molecule has 8 nitrogen and oxygen atoms in total. The number of nitrogens with zero attached hydrogens (tertiary/aromatic N) is 2. The first kappa shape index (κ1) is 28.6. The van der Waals surface area contributed by atoms with Crippen LogP contribution in [0.5, 0.6) is 11.5 Å². The van der Waals surface area contributed by atoms with Crippen molar-refractivity contribution in [2.45, 2.75) is 62.1 Å². The normalized spacial score (nSPS) is 22.5. The Morgan fingerprint density at radius 1 is 1.23 bits per heavy atom. The van der Waals surface area contributed by atoms with Crippen LogP contribution in [0.25, 0.3) is 11.3 Å². The summed E-state index contributed by atoms with van der Waals surface area (Å²) in [5, 5.41) is 22.9. The number of carbonyl (C=O) groups excluding carboxylic acids is 1. The molecule has 10 heteroatoms. The fraction of sp³-hybridized carbons (Fsp3) is 0.412. The van der Waals surface area contributed by atoms with Gasteiger partial charge in [-0.25, -0.2) is 13.8 Å². The van der Waals surface area contributed by atoms with Crippen LogP contribution >= 0.6 is 0 Å². The number of nitrogens with one attached hydrogen (secondary N) is 2. The molecule has 1 aromatic heterocycles. The lowest BCUT2D eigenvalue weighted by Crippen LogP contribution is -2.49. The Balaban J connectivity index is 1.24. The van der Waals surface area contributed by atoms with Crippen molar-refractivity contribution >= 4 is 23.5 Å². The molecule has 2 fully saturated rings. The molecule has 1 unspecified atom stereocenters. The first-order valence-corrected chi connectivity index (χ1v) is 15.0. The number of hydrogen-bond acceptors (Lipinski definition) is 7. The SMILES string of the molecule is COc1cc(C(=O)NC[C@](O)(c2cc3c(c(-c4ccc(F)cc4)n2)OCC3(C)C=N)C2(F)CC2)cc2c1N=C(C1CC1)CC2. The maximum absolute atomic E-state index is 16.1. The maximum atomic E-state index is 16.1. The molecule has 2 saturated carbocycles. The minimum absolute atomic E-state index is 0.0133. The van der Waals surface area contributed by atoms with Gasteiger partial charge in [0.2, 0.25) is 0 Å². The number of benzene rings is 2. The number of carbonyl (C=O) groups is 1. The van der Waals surface area contributed by atoms with E-state index in [9.17, 15) is 14.3 Å². The second kappa shape index (κ2) is 10.2. The molecular formula is C34H34F2N4O4. The van der Waals surface area contributed by atoms with Crippen LogP contribution in [0.4, 0.5) is 14.5 Å². The molecule has 4 aliphatic rings. The Kier molecular flexibility index (Phi) is 6.62. The average molecular weight is 601 g/mol. The molecule has 0 bridgehead atoms. The molecule has 228 valence electrons. The van der Waals surface area contributed by atoms with Crippen molar-refractivity contribution in [2.24, 2.45) is 10.9 Å². The van der Waals surface area contributed by atoms with E-state index in [4.69, 9.17) is 19.9 Å². The Labute approximate surface area is 254 Å². The van der Waals surface area contributed by atoms with E-state index < -0.39 is 35.0 Å². The van der Waals surface area contributed by atoms with Gasteiger partial charge in [-0.1, -0.05) is 0 Å². The van der Waals surface area contributed by atoms with E-state index in [1.165, 1.54) is 36.2 Å². The van der Waals surface area contributed by atoms with Gasteiger partial charge in [-0.3, -0.25) is 9.79 Å². The number of aliphatic imine (C=N–C) groups is 1. The molecule has 0 radical (unpaired) electrons. The lowest BCUT2D eigenvalue weighted by Gasteiger charge is -2.33. The monoisotopic (exact) mass is 600 g/mol. The molecule has 2 aliphatic carbocycles. The van der Waals surface area contributed by atoms with Crippen LogP contribution in [0.15, 0.2) is 47.5 Å². The lowest BCUT2D eigenvalue weighted by atomic mass is 9.82. The number of alkyl halides is 1. The standard InChI is InChI=1S/C34H34F2N4O4/c1-32(16-37)18-44-30-24(32)15-27(40-29(30)20-5-8-23(35)9-6-20)34(42,33(36)11-12-33)17-38-31(41)22-13-21-7-10-25(19-3-4-19)39-28(21)26(14-22)43-2/h5-6,8-9,13-16,19,37,42H,3-4,7,10-12,17-18H2,1-2H3,(H,38,41)/t32?,34-/m0/s1. The number of amides is 1. The van der Waals surface area contributed by atoms with Gasteiger partial charge in [0.15, 0.2) is 5.60 Å². The van der Waals surface area contributed by atoms with Crippen molar-refractivity contribution in [3.05, 3.63) is 70.7 Å². The molecule has 3 aromatic rings. The number of pyridine rings is 1. The number of hydrogen-bond donors (Lipinski definition) is 3. The van der Waals surface area contributed by atoms with Crippen LogP contribution < -0.4 is 14.8 Å². The minimum Gasteiger partial charge on any atom is -0.494 e. The zero-order valence-corrected chi connectivity index (χ0v) is 24.7. The van der Waals surface area contributed by atoms with Gasteiger partial charge in [0.25, 0.3) is 5.91 Å². The lowest BCUT2D eigenvalue weighted by molar-refractivity contribution is -0.0566. The third kappa shape index (κ3) is 4.67. The highest BCUT2D eigenvalue weighted by atomic mass is 19.1. The summed E-state index contributed by atoms with van der Waals surface area (Å²) in [6.07, 6.45) is 5.35. The molecule has 2 atom stereocenters. The van der Waals surface area contributed by atoms with Crippen LogP contribution in [0.1, 0.15) is 66.2 Å². The summed E-state index contributed by atoms with van der Waals surface area (Å²) in [5.41, 5.74) is -0.474. The molecule has 7 rings (SSSR count). The Hall–Kier alpha value is -4.18. The number of fused-ring (bicyclic) bond motifs is 2. The van der Waals surface area contributed by atoms with E-state index in [2.05, 4.69) is 10.3 Å². The van der Waals surface area contributed by atoms with E-state index in [0.29, 0.717) is 39.8 Å². The van der Waals surface area contributed by atoms with Gasteiger partial charge in [0.1, 0.15) is 41.0 Å². The molecule has 44 heavy (non-hydrogen) atoms. The first-order chi connectivity index (χ1) is 21.1. The van der Waals surface area contributed by atoms with Crippen molar-refractivity contribution < 1.29 is 28.2 Å². The highest BCUT2D eigenvalue weighted by Gasteiger charge is 2.62. The second-order valence-electron chi connectivity index (χ2n) is 12.7. The van der Waals surface area contributed by atoms with E-state index in [-0.39, 0.29) is 25.1 Å². The number of aryl methyl sites for hydroxylation is 1. The summed E-state index contributed by atoms with van der Waals surface area (Å²) in [5.74, 6) is 0.526. The molecule has 1 amide bonds. The van der Waals surface area contributed by atoms with Crippen LogP contribution in [-0.2, 0) is 17.4 Å². The van der Waals surface area contributed by atoms with Crippen molar-refractivity contribution in [3.63, 3.8) is 0 Å². The Morgan fingerprint density at radius 3 is 2.64 bits per heavy atom. The number of halogens is 2. The zero-order valence-electron chi connectivity index (χ0n) is 24.7. The maximum Gasteiger partial charge on any atom is 0.251 e. The van der Waals surface area contributed by atoms with Crippen molar-refractivity contribution in [2.75, 3.05) is 20.3 Å². The van der Waals surface area contributed by atoms with Gasteiger partial charge in [-0.05, 0) is 99.4 Å². The summed E-state index contributed by atoms with van der Waals surface area (Å²) < 4.78 is 41.5. The molecule has 2 aliphatic heterocycles. The molecular weight excluding hydrogens is 566 g/mol. The number of aliphatic hydroxyl groups is 1. The quantitative estimate of drug-likeness (QED) is 0.271. The van der Waals surface area contributed by atoms with Crippen LogP contribution in [-0.4, -0.2) is 53.9 Å². The smallest absolute Gasteiger partial charge is 0.251 e. The van der Waals surface area contributed by atoms with Crippen molar-refractivity contribution in [1.29, 1.82) is 5.41 Å². The van der Waals surface area contributed by atoms with Crippen molar-refractivity contribution in [3.8, 4) is 22.8 Å². The second-order valence-corrected chi connectivity index (χ2v) is 12.7. The molecule has 0 spiro atoms. The summed E-state index contributed by atoms with van der Waals surface area (Å²) in [6, 6.07) is 10.6. The minimum atomic E-state index is -2.18. The predicted octanol–water partition coefficient (Wildman–Crippen LogP) is 5.74. The molecule has 2 aromatic carbocycles. The Morgan fingerprint density at radius 2 is 1.98 bits per heavy atom. The number of methoxy groups -OCH3 is 1. The molecule has 0 saturated heterocycles. The van der Waals surface area contributed by atoms with Crippen LogP contribution in [0.3, 0.4) is 0 Å². The summed E-state index contributed by atoms with van der Waals surface area (Å²) in [7, 11) is 1.54. The highest BCUT2D eigenvalue weighted by molar-refractivity contribution is 5.98. The van der Waals surface area contributed by atoms with Crippen LogP contribution in [0, 0.1) is 17.1 Å². The van der Waals surface area contributed by atoms with Gasteiger partial charge in [0, 0.05) is 28.6 Å². The number of aromatic nitrogens is 1. The topological polar surface area (TPSA) is 117 Å². The van der Waals surface area contributed by atoms with E-state index >= 15 is 4.39 Å². The Bertz CT molecular complexity index is 1720. The predicted molar refractivity (Wildman–Crippen MR) is 162 cm³/mol. The number of ether oxygens (including phenoxy) is 2. The van der Waals surface area contributed by atoms with Gasteiger partial charge < -0.3 is 25.3 Å². The molecule has 3 N–H and O–H groups in total. The first-order valence-electron chi connectivity index (χ1n) is 15.0. The van der Waals surface area contributed by atoms with Crippen molar-refractivity contribution in [1.82, 2.24) is 10.3 Å². The summed E-state index contributed by atoms with van der Waals surface area (Å²) in [6.45, 7) is 1.53. The van der Waals surface area contributed by atoms with E-state index in [0.717, 1.165) is 36.9 Å². The highest BCUT2D eigenvalue weighted by Crippen LogP contribution is 2.55. The summed E-state index contributed by atoms with van der Waals surface area (Å²) in [4.78, 5) is 23.1. The third-order valence-electron chi connectivity index (χ3n) is 9.49. The third-order valence-corrected chi connectivity index (χ3v) is 9.49. The average Bonchev–Trinajstić information content (AvgIpc) is 3.98. The van der Waals surface area contributed by atoms with Gasteiger partial charge in [-0.15, -0.1) is 0 Å². The van der Waals surface area contributed by atoms with Gasteiger partial charge in [0.05, 0.1) is 24.8 Å². The largest absolute Gasteiger partial charge is 0.494 e. The van der Waals surface area contributed by atoms with E-state index in [1.54, 1.807) is 25.3 Å². The van der Waals surface area contributed by atoms with Gasteiger partial charge >= 0.3 is 0 Å².